The molecule has 1 unspecified atom stereocenters. The second kappa shape index (κ2) is 7.17. The SMILES string of the molecule is CCCCC(C(=O)OC)N1CCCOc2ccccc21. The minimum Gasteiger partial charge on any atom is -0.491 e. The molecule has 0 aromatic heterocycles. The second-order valence-corrected chi connectivity index (χ2v) is 5.04. The van der Waals surface area contributed by atoms with Crippen molar-refractivity contribution in [3.8, 4) is 5.75 Å². The maximum Gasteiger partial charge on any atom is 0.328 e. The Labute approximate surface area is 120 Å². The number of methoxy groups -OCH3 is 1. The predicted molar refractivity (Wildman–Crippen MR) is 79.2 cm³/mol. The van der Waals surface area contributed by atoms with Gasteiger partial charge in [-0.25, -0.2) is 4.79 Å². The quantitative estimate of drug-likeness (QED) is 0.776. The number of unbranched alkanes of at least 4 members (excludes halogenated alkanes) is 1. The monoisotopic (exact) mass is 277 g/mol. The molecule has 20 heavy (non-hydrogen) atoms. The first-order valence-electron chi connectivity index (χ1n) is 7.34. The van der Waals surface area contributed by atoms with Crippen LogP contribution in [-0.4, -0.2) is 32.3 Å². The van der Waals surface area contributed by atoms with E-state index in [0.29, 0.717) is 6.61 Å². The van der Waals surface area contributed by atoms with E-state index in [9.17, 15) is 4.79 Å². The van der Waals surface area contributed by atoms with Crippen LogP contribution in [-0.2, 0) is 9.53 Å². The van der Waals surface area contributed by atoms with Crippen LogP contribution in [0.1, 0.15) is 32.6 Å². The third-order valence-corrected chi connectivity index (χ3v) is 3.66. The third-order valence-electron chi connectivity index (χ3n) is 3.66. The lowest BCUT2D eigenvalue weighted by atomic mass is 10.1. The maximum atomic E-state index is 12.1. The van der Waals surface area contributed by atoms with Gasteiger partial charge in [0.25, 0.3) is 0 Å². The van der Waals surface area contributed by atoms with Crippen LogP contribution in [0.25, 0.3) is 0 Å². The molecular weight excluding hydrogens is 254 g/mol. The lowest BCUT2D eigenvalue weighted by Crippen LogP contribution is -2.42. The molecule has 1 heterocycles. The average Bonchev–Trinajstić information content (AvgIpc) is 2.70. The van der Waals surface area contributed by atoms with E-state index < -0.39 is 0 Å². The maximum absolute atomic E-state index is 12.1. The first-order chi connectivity index (χ1) is 9.77. The van der Waals surface area contributed by atoms with Crippen LogP contribution >= 0.6 is 0 Å². The predicted octanol–water partition coefficient (Wildman–Crippen LogP) is 3.01. The molecule has 4 heteroatoms. The summed E-state index contributed by atoms with van der Waals surface area (Å²) in [7, 11) is 1.46. The highest BCUT2D eigenvalue weighted by molar-refractivity contribution is 5.81. The first-order valence-corrected chi connectivity index (χ1v) is 7.34. The van der Waals surface area contributed by atoms with Crippen LogP contribution < -0.4 is 9.64 Å². The molecule has 1 atom stereocenters. The van der Waals surface area contributed by atoms with Crippen molar-refractivity contribution in [1.29, 1.82) is 0 Å². The van der Waals surface area contributed by atoms with Gasteiger partial charge in [-0.3, -0.25) is 0 Å². The molecule has 1 aliphatic rings. The zero-order valence-corrected chi connectivity index (χ0v) is 12.3. The minimum absolute atomic E-state index is 0.157. The van der Waals surface area contributed by atoms with E-state index in [1.807, 2.05) is 24.3 Å². The normalized spacial score (nSPS) is 15.8. The Balaban J connectivity index is 2.29. The Morgan fingerprint density at radius 2 is 2.25 bits per heavy atom. The number of benzene rings is 1. The summed E-state index contributed by atoms with van der Waals surface area (Å²) in [5.41, 5.74) is 0.997. The van der Waals surface area contributed by atoms with Crippen LogP contribution in [0, 0.1) is 0 Å². The summed E-state index contributed by atoms with van der Waals surface area (Å²) < 4.78 is 10.7. The Morgan fingerprint density at radius 3 is 3.00 bits per heavy atom. The van der Waals surface area contributed by atoms with Crippen LogP contribution in [0.15, 0.2) is 24.3 Å². The molecule has 0 spiro atoms. The molecule has 1 aliphatic heterocycles. The molecule has 0 radical (unpaired) electrons. The number of carbonyl (C=O) groups excluding carboxylic acids is 1. The Bertz CT molecular complexity index is 447. The molecule has 110 valence electrons. The zero-order chi connectivity index (χ0) is 14.4. The van der Waals surface area contributed by atoms with Gasteiger partial charge in [-0.15, -0.1) is 0 Å². The first kappa shape index (κ1) is 14.7. The fourth-order valence-corrected chi connectivity index (χ4v) is 2.61. The van der Waals surface area contributed by atoms with E-state index in [1.165, 1.54) is 7.11 Å². The number of hydrogen-bond donors (Lipinski definition) is 0. The van der Waals surface area contributed by atoms with Gasteiger partial charge in [0.2, 0.25) is 0 Å². The molecule has 1 aromatic carbocycles. The summed E-state index contributed by atoms with van der Waals surface area (Å²) in [5.74, 6) is 0.700. The molecule has 0 bridgehead atoms. The van der Waals surface area contributed by atoms with Crippen molar-refractivity contribution >= 4 is 11.7 Å². The molecule has 0 amide bonds. The van der Waals surface area contributed by atoms with Crippen LogP contribution in [0.5, 0.6) is 5.75 Å². The van der Waals surface area contributed by atoms with Crippen LogP contribution in [0.4, 0.5) is 5.69 Å². The molecule has 0 saturated heterocycles. The van der Waals surface area contributed by atoms with Gasteiger partial charge in [0.1, 0.15) is 11.8 Å². The van der Waals surface area contributed by atoms with E-state index in [2.05, 4.69) is 11.8 Å². The summed E-state index contributed by atoms with van der Waals surface area (Å²) >= 11 is 0. The van der Waals surface area contributed by atoms with Gasteiger partial charge < -0.3 is 14.4 Å². The number of anilines is 1. The number of para-hydroxylation sites is 2. The van der Waals surface area contributed by atoms with Crippen molar-refractivity contribution in [3.05, 3.63) is 24.3 Å². The summed E-state index contributed by atoms with van der Waals surface area (Å²) in [6, 6.07) is 7.70. The smallest absolute Gasteiger partial charge is 0.328 e. The van der Waals surface area contributed by atoms with Gasteiger partial charge >= 0.3 is 5.97 Å². The molecule has 1 aromatic rings. The molecular formula is C16H23NO3. The number of nitrogens with zero attached hydrogens (tertiary/aromatic N) is 1. The van der Waals surface area contributed by atoms with Crippen molar-refractivity contribution in [3.63, 3.8) is 0 Å². The number of carbonyl (C=O) groups is 1. The highest BCUT2D eigenvalue weighted by atomic mass is 16.5. The lowest BCUT2D eigenvalue weighted by Gasteiger charge is -2.31. The topological polar surface area (TPSA) is 38.8 Å². The van der Waals surface area contributed by atoms with Gasteiger partial charge in [0.05, 0.1) is 19.4 Å². The van der Waals surface area contributed by atoms with Gasteiger partial charge in [-0.2, -0.15) is 0 Å². The standard InChI is InChI=1S/C16H23NO3/c1-3-4-8-14(16(18)19-2)17-11-7-12-20-15-10-6-5-9-13(15)17/h5-6,9-10,14H,3-4,7-8,11-12H2,1-2H3. The third kappa shape index (κ3) is 3.24. The Hall–Kier alpha value is -1.71. The molecule has 0 saturated carbocycles. The largest absolute Gasteiger partial charge is 0.491 e. The molecule has 0 N–H and O–H groups in total. The average molecular weight is 277 g/mol. The fourth-order valence-electron chi connectivity index (χ4n) is 2.61. The molecule has 0 fully saturated rings. The summed E-state index contributed by atoms with van der Waals surface area (Å²) in [5, 5.41) is 0. The number of esters is 1. The highest BCUT2D eigenvalue weighted by Gasteiger charge is 2.29. The van der Waals surface area contributed by atoms with Gasteiger partial charge in [0, 0.05) is 6.54 Å². The van der Waals surface area contributed by atoms with E-state index in [0.717, 1.165) is 43.7 Å². The van der Waals surface area contributed by atoms with Crippen LogP contribution in [0.2, 0.25) is 0 Å². The van der Waals surface area contributed by atoms with Crippen molar-refractivity contribution in [2.24, 2.45) is 0 Å². The summed E-state index contributed by atoms with van der Waals surface area (Å²) in [6.07, 6.45) is 3.81. The zero-order valence-electron chi connectivity index (χ0n) is 12.3. The van der Waals surface area contributed by atoms with E-state index in [4.69, 9.17) is 9.47 Å². The van der Waals surface area contributed by atoms with Gasteiger partial charge in [0.15, 0.2) is 0 Å². The number of ether oxygens (including phenoxy) is 2. The molecule has 2 rings (SSSR count). The minimum atomic E-state index is -0.220. The van der Waals surface area contributed by atoms with Crippen molar-refractivity contribution in [2.45, 2.75) is 38.6 Å². The van der Waals surface area contributed by atoms with Crippen molar-refractivity contribution < 1.29 is 14.3 Å². The highest BCUT2D eigenvalue weighted by Crippen LogP contribution is 2.33. The van der Waals surface area contributed by atoms with Gasteiger partial charge in [-0.1, -0.05) is 31.9 Å². The second-order valence-electron chi connectivity index (χ2n) is 5.04. The van der Waals surface area contributed by atoms with Crippen molar-refractivity contribution in [1.82, 2.24) is 0 Å². The molecule has 0 aliphatic carbocycles. The Morgan fingerprint density at radius 1 is 1.45 bits per heavy atom. The van der Waals surface area contributed by atoms with E-state index in [1.54, 1.807) is 0 Å². The Kier molecular flexibility index (Phi) is 5.27. The fraction of sp³-hybridized carbons (Fsp3) is 0.562. The van der Waals surface area contributed by atoms with E-state index in [-0.39, 0.29) is 12.0 Å². The van der Waals surface area contributed by atoms with E-state index >= 15 is 0 Å². The molecule has 4 nitrogen and oxygen atoms in total. The van der Waals surface area contributed by atoms with Crippen LogP contribution in [0.3, 0.4) is 0 Å². The lowest BCUT2D eigenvalue weighted by molar-refractivity contribution is -0.142. The number of fused-ring (bicyclic) bond motifs is 1. The summed E-state index contributed by atoms with van der Waals surface area (Å²) in [6.45, 7) is 3.64. The van der Waals surface area contributed by atoms with Gasteiger partial charge in [-0.05, 0) is 25.0 Å². The van der Waals surface area contributed by atoms with Crippen molar-refractivity contribution in [2.75, 3.05) is 25.2 Å². The number of rotatable bonds is 5. The number of hydrogen-bond acceptors (Lipinski definition) is 4. The summed E-state index contributed by atoms with van der Waals surface area (Å²) in [4.78, 5) is 14.3.